The molecule has 0 aliphatic heterocycles. The van der Waals surface area contributed by atoms with Crippen molar-refractivity contribution in [1.82, 2.24) is 5.16 Å². The number of rotatable bonds is 5. The lowest BCUT2D eigenvalue weighted by atomic mass is 9.99. The summed E-state index contributed by atoms with van der Waals surface area (Å²) in [6, 6.07) is 8.70. The third-order valence-corrected chi connectivity index (χ3v) is 4.96. The number of carbonyl (C=O) groups excluding carboxylic acids is 2. The smallest absolute Gasteiger partial charge is 0.412 e. The molecule has 0 fully saturated rings. The predicted molar refractivity (Wildman–Crippen MR) is 117 cm³/mol. The van der Waals surface area contributed by atoms with Crippen molar-refractivity contribution in [2.24, 2.45) is 5.73 Å². The van der Waals surface area contributed by atoms with E-state index >= 15 is 0 Å². The molecule has 9 heteroatoms. The zero-order chi connectivity index (χ0) is 23.9. The third kappa shape index (κ3) is 4.17. The zero-order valence-electron chi connectivity index (χ0n) is 18.4. The standard InChI is InChI=1S/C24H21FN2O6/c1-11(2)30-18-10-17-19(9-16(18)20-12(3)27-33-13(20)4)31-22(14-5-7-15(25)8-6-14)21(17)23(28)32-24(26)29/h5-11H,1-4H3,(H2,26,29). The van der Waals surface area contributed by atoms with Gasteiger partial charge in [-0.15, -0.1) is 0 Å². The highest BCUT2D eigenvalue weighted by atomic mass is 19.1. The molecule has 33 heavy (non-hydrogen) atoms. The predicted octanol–water partition coefficient (Wildman–Crippen LogP) is 5.53. The minimum atomic E-state index is -1.26. The number of carbonyl (C=O) groups is 2. The van der Waals surface area contributed by atoms with E-state index in [-0.39, 0.29) is 17.4 Å². The topological polar surface area (TPSA) is 118 Å². The average molecular weight is 452 g/mol. The number of hydrogen-bond acceptors (Lipinski definition) is 7. The summed E-state index contributed by atoms with van der Waals surface area (Å²) in [6.07, 6.45) is -1.45. The van der Waals surface area contributed by atoms with Crippen molar-refractivity contribution in [3.63, 3.8) is 0 Å². The molecule has 0 atom stereocenters. The minimum Gasteiger partial charge on any atom is -0.490 e. The summed E-state index contributed by atoms with van der Waals surface area (Å²) in [4.78, 5) is 24.1. The molecule has 0 saturated heterocycles. The van der Waals surface area contributed by atoms with Crippen LogP contribution < -0.4 is 10.5 Å². The second-order valence-corrected chi connectivity index (χ2v) is 7.73. The molecule has 0 saturated carbocycles. The van der Waals surface area contributed by atoms with Crippen molar-refractivity contribution >= 4 is 23.0 Å². The fourth-order valence-corrected chi connectivity index (χ4v) is 3.69. The summed E-state index contributed by atoms with van der Waals surface area (Å²) < 4.78 is 35.5. The van der Waals surface area contributed by atoms with Gasteiger partial charge in [0, 0.05) is 16.5 Å². The molecule has 0 aliphatic carbocycles. The van der Waals surface area contributed by atoms with E-state index in [4.69, 9.17) is 19.4 Å². The van der Waals surface area contributed by atoms with Gasteiger partial charge in [-0.1, -0.05) is 5.16 Å². The van der Waals surface area contributed by atoms with E-state index in [0.29, 0.717) is 39.3 Å². The molecule has 0 radical (unpaired) electrons. The second-order valence-electron chi connectivity index (χ2n) is 7.73. The Kier molecular flexibility index (Phi) is 5.63. The van der Waals surface area contributed by atoms with Crippen LogP contribution in [0.25, 0.3) is 33.4 Å². The van der Waals surface area contributed by atoms with Crippen molar-refractivity contribution in [1.29, 1.82) is 0 Å². The summed E-state index contributed by atoms with van der Waals surface area (Å²) in [7, 11) is 0. The number of primary amides is 1. The van der Waals surface area contributed by atoms with Gasteiger partial charge in [-0.25, -0.2) is 14.0 Å². The lowest BCUT2D eigenvalue weighted by Crippen LogP contribution is -2.18. The number of amides is 1. The molecule has 0 unspecified atom stereocenters. The SMILES string of the molecule is Cc1noc(C)c1-c1cc2oc(-c3ccc(F)cc3)c(C(=O)OC(N)=O)c2cc1OC(C)C. The van der Waals surface area contributed by atoms with Crippen molar-refractivity contribution < 1.29 is 32.4 Å². The Morgan fingerprint density at radius 3 is 2.39 bits per heavy atom. The maximum atomic E-state index is 13.5. The summed E-state index contributed by atoms with van der Waals surface area (Å²) in [5, 5.41) is 4.35. The fraction of sp³-hybridized carbons (Fsp3) is 0.208. The van der Waals surface area contributed by atoms with Gasteiger partial charge in [0.25, 0.3) is 0 Å². The normalized spacial score (nSPS) is 11.2. The van der Waals surface area contributed by atoms with E-state index in [9.17, 15) is 14.0 Å². The first-order valence-electron chi connectivity index (χ1n) is 10.1. The Morgan fingerprint density at radius 1 is 1.12 bits per heavy atom. The lowest BCUT2D eigenvalue weighted by molar-refractivity contribution is 0.0640. The molecule has 0 spiro atoms. The second kappa shape index (κ2) is 8.42. The average Bonchev–Trinajstić information content (AvgIpc) is 3.26. The highest BCUT2D eigenvalue weighted by Crippen LogP contribution is 2.42. The Morgan fingerprint density at radius 2 is 1.82 bits per heavy atom. The maximum Gasteiger partial charge on any atom is 0.412 e. The van der Waals surface area contributed by atoms with E-state index in [0.717, 1.165) is 5.56 Å². The molecule has 2 N–H and O–H groups in total. The number of halogens is 1. The van der Waals surface area contributed by atoms with Gasteiger partial charge in [0.05, 0.1) is 17.4 Å². The zero-order valence-corrected chi connectivity index (χ0v) is 18.4. The van der Waals surface area contributed by atoms with Crippen LogP contribution >= 0.6 is 0 Å². The van der Waals surface area contributed by atoms with Gasteiger partial charge in [-0.2, -0.15) is 0 Å². The molecular formula is C24H21FN2O6. The van der Waals surface area contributed by atoms with E-state index in [1.807, 2.05) is 13.8 Å². The minimum absolute atomic E-state index is 0.0330. The van der Waals surface area contributed by atoms with Crippen LogP contribution in [0.1, 0.15) is 35.7 Å². The summed E-state index contributed by atoms with van der Waals surface area (Å²) in [6.45, 7) is 7.31. The Balaban J connectivity index is 2.03. The molecule has 2 heterocycles. The fourth-order valence-electron chi connectivity index (χ4n) is 3.69. The van der Waals surface area contributed by atoms with Crippen LogP contribution in [0.5, 0.6) is 5.75 Å². The summed E-state index contributed by atoms with van der Waals surface area (Å²) >= 11 is 0. The van der Waals surface area contributed by atoms with Gasteiger partial charge in [0.2, 0.25) is 0 Å². The number of hydrogen-bond donors (Lipinski definition) is 1. The molecule has 1 amide bonds. The number of benzene rings is 2. The van der Waals surface area contributed by atoms with Crippen LogP contribution in [0.4, 0.5) is 9.18 Å². The van der Waals surface area contributed by atoms with Crippen molar-refractivity contribution in [3.8, 4) is 28.2 Å². The van der Waals surface area contributed by atoms with Gasteiger partial charge < -0.3 is 24.1 Å². The van der Waals surface area contributed by atoms with Gasteiger partial charge in [0.15, 0.2) is 0 Å². The van der Waals surface area contributed by atoms with E-state index in [2.05, 4.69) is 9.89 Å². The third-order valence-electron chi connectivity index (χ3n) is 4.96. The van der Waals surface area contributed by atoms with E-state index < -0.39 is 17.9 Å². The van der Waals surface area contributed by atoms with Crippen LogP contribution in [0, 0.1) is 19.7 Å². The number of aromatic nitrogens is 1. The van der Waals surface area contributed by atoms with Gasteiger partial charge in [0.1, 0.15) is 34.2 Å². The molecular weight excluding hydrogens is 431 g/mol. The number of nitrogens with zero attached hydrogens (tertiary/aromatic N) is 1. The van der Waals surface area contributed by atoms with Gasteiger partial charge >= 0.3 is 12.1 Å². The molecule has 4 rings (SSSR count). The van der Waals surface area contributed by atoms with Crippen LogP contribution in [-0.4, -0.2) is 23.3 Å². The number of esters is 1. The van der Waals surface area contributed by atoms with Crippen molar-refractivity contribution in [2.45, 2.75) is 33.8 Å². The summed E-state index contributed by atoms with van der Waals surface area (Å²) in [5.41, 5.74) is 7.80. The molecule has 8 nitrogen and oxygen atoms in total. The highest BCUT2D eigenvalue weighted by molar-refractivity contribution is 6.12. The van der Waals surface area contributed by atoms with E-state index in [1.54, 1.807) is 26.0 Å². The number of aryl methyl sites for hydroxylation is 2. The number of nitrogens with two attached hydrogens (primary N) is 1. The summed E-state index contributed by atoms with van der Waals surface area (Å²) in [5.74, 6) is -0.320. The van der Waals surface area contributed by atoms with Crippen LogP contribution in [-0.2, 0) is 4.74 Å². The molecule has 2 aromatic carbocycles. The molecule has 4 aromatic rings. The monoisotopic (exact) mass is 452 g/mol. The highest BCUT2D eigenvalue weighted by Gasteiger charge is 2.28. The molecule has 2 aromatic heterocycles. The maximum absolute atomic E-state index is 13.5. The van der Waals surface area contributed by atoms with Crippen LogP contribution in [0.15, 0.2) is 45.3 Å². The first-order valence-corrected chi connectivity index (χ1v) is 10.1. The van der Waals surface area contributed by atoms with E-state index in [1.165, 1.54) is 24.3 Å². The van der Waals surface area contributed by atoms with Crippen molar-refractivity contribution in [2.75, 3.05) is 0 Å². The molecule has 0 bridgehead atoms. The Labute approximate surface area is 188 Å². The number of ether oxygens (including phenoxy) is 2. The quantitative estimate of drug-likeness (QED) is 0.312. The van der Waals surface area contributed by atoms with Crippen LogP contribution in [0.2, 0.25) is 0 Å². The Hall–Kier alpha value is -4.14. The van der Waals surface area contributed by atoms with Gasteiger partial charge in [-0.05, 0) is 64.1 Å². The number of furan rings is 1. The lowest BCUT2D eigenvalue weighted by Gasteiger charge is -2.14. The largest absolute Gasteiger partial charge is 0.490 e. The first-order chi connectivity index (χ1) is 15.7. The van der Waals surface area contributed by atoms with Crippen molar-refractivity contribution in [3.05, 3.63) is 59.2 Å². The molecule has 170 valence electrons. The van der Waals surface area contributed by atoms with Crippen LogP contribution in [0.3, 0.4) is 0 Å². The number of fused-ring (bicyclic) bond motifs is 1. The van der Waals surface area contributed by atoms with Gasteiger partial charge in [-0.3, -0.25) is 0 Å². The molecule has 0 aliphatic rings. The Bertz CT molecular complexity index is 1350. The first kappa shape index (κ1) is 22.1.